The second-order valence-corrected chi connectivity index (χ2v) is 4.37. The molecule has 0 N–H and O–H groups in total. The van der Waals surface area contributed by atoms with Crippen LogP contribution in [0.15, 0.2) is 18.3 Å². The van der Waals surface area contributed by atoms with E-state index >= 15 is 0 Å². The first-order valence-corrected chi connectivity index (χ1v) is 5.94. The second-order valence-electron chi connectivity index (χ2n) is 4.37. The Labute approximate surface area is 102 Å². The number of rotatable bonds is 3. The van der Waals surface area contributed by atoms with Crippen LogP contribution in [0.4, 0.5) is 5.69 Å². The lowest BCUT2D eigenvalue weighted by atomic mass is 9.97. The van der Waals surface area contributed by atoms with Gasteiger partial charge in [0.2, 0.25) is 0 Å². The number of hydrogen-bond acceptors (Lipinski definition) is 4. The Balaban J connectivity index is 2.03. The summed E-state index contributed by atoms with van der Waals surface area (Å²) in [4.78, 5) is 6.35. The standard InChI is InChI=1S/C13H17N3O/c1-17-10-11-4-7-16(8-5-11)13-3-2-6-15-12(13)9-14/h2-3,6,11H,4-5,7-8,10H2,1H3. The molecule has 4 nitrogen and oxygen atoms in total. The number of anilines is 1. The van der Waals surface area contributed by atoms with E-state index in [-0.39, 0.29) is 0 Å². The van der Waals surface area contributed by atoms with E-state index in [2.05, 4.69) is 16.0 Å². The van der Waals surface area contributed by atoms with Crippen LogP contribution in [0.3, 0.4) is 0 Å². The highest BCUT2D eigenvalue weighted by Gasteiger charge is 2.21. The Morgan fingerprint density at radius 3 is 2.94 bits per heavy atom. The molecule has 1 aromatic rings. The minimum Gasteiger partial charge on any atom is -0.384 e. The summed E-state index contributed by atoms with van der Waals surface area (Å²) in [5, 5.41) is 9.03. The topological polar surface area (TPSA) is 49.1 Å². The van der Waals surface area contributed by atoms with Crippen molar-refractivity contribution in [3.63, 3.8) is 0 Å². The molecule has 2 rings (SSSR count). The Kier molecular flexibility index (Phi) is 3.94. The number of piperidine rings is 1. The summed E-state index contributed by atoms with van der Waals surface area (Å²) < 4.78 is 5.18. The molecule has 1 aliphatic heterocycles. The summed E-state index contributed by atoms with van der Waals surface area (Å²) in [5.41, 5.74) is 1.49. The Morgan fingerprint density at radius 2 is 2.29 bits per heavy atom. The number of nitrogens with zero attached hydrogens (tertiary/aromatic N) is 3. The molecular weight excluding hydrogens is 214 g/mol. The van der Waals surface area contributed by atoms with Crippen molar-refractivity contribution in [2.24, 2.45) is 5.92 Å². The molecule has 0 spiro atoms. The van der Waals surface area contributed by atoms with Crippen molar-refractivity contribution < 1.29 is 4.74 Å². The molecule has 0 radical (unpaired) electrons. The zero-order chi connectivity index (χ0) is 12.1. The van der Waals surface area contributed by atoms with Crippen LogP contribution in [0.1, 0.15) is 18.5 Å². The average molecular weight is 231 g/mol. The van der Waals surface area contributed by atoms with Gasteiger partial charge < -0.3 is 9.64 Å². The first kappa shape index (κ1) is 11.9. The van der Waals surface area contributed by atoms with Crippen molar-refractivity contribution in [3.8, 4) is 6.07 Å². The van der Waals surface area contributed by atoms with Crippen molar-refractivity contribution in [2.45, 2.75) is 12.8 Å². The maximum Gasteiger partial charge on any atom is 0.163 e. The number of aromatic nitrogens is 1. The number of ether oxygens (including phenoxy) is 1. The maximum atomic E-state index is 9.03. The summed E-state index contributed by atoms with van der Waals surface area (Å²) in [7, 11) is 1.75. The van der Waals surface area contributed by atoms with Gasteiger partial charge in [-0.05, 0) is 30.9 Å². The van der Waals surface area contributed by atoms with Gasteiger partial charge in [0.05, 0.1) is 5.69 Å². The fourth-order valence-corrected chi connectivity index (χ4v) is 2.31. The molecular formula is C13H17N3O. The molecule has 1 fully saturated rings. The molecule has 0 bridgehead atoms. The fraction of sp³-hybridized carbons (Fsp3) is 0.538. The molecule has 1 saturated heterocycles. The minimum atomic E-state index is 0.526. The highest BCUT2D eigenvalue weighted by Crippen LogP contribution is 2.24. The average Bonchev–Trinajstić information content (AvgIpc) is 2.40. The van der Waals surface area contributed by atoms with E-state index in [0.29, 0.717) is 11.6 Å². The van der Waals surface area contributed by atoms with E-state index in [0.717, 1.165) is 38.2 Å². The van der Waals surface area contributed by atoms with Crippen LogP contribution >= 0.6 is 0 Å². The van der Waals surface area contributed by atoms with Gasteiger partial charge in [0.1, 0.15) is 6.07 Å². The van der Waals surface area contributed by atoms with Crippen LogP contribution in [0.25, 0.3) is 0 Å². The summed E-state index contributed by atoms with van der Waals surface area (Å²) >= 11 is 0. The lowest BCUT2D eigenvalue weighted by Crippen LogP contribution is -2.35. The van der Waals surface area contributed by atoms with E-state index < -0.39 is 0 Å². The SMILES string of the molecule is COCC1CCN(c2cccnc2C#N)CC1. The molecule has 0 atom stereocenters. The number of nitriles is 1. The summed E-state index contributed by atoms with van der Waals surface area (Å²) in [6.45, 7) is 2.80. The van der Waals surface area contributed by atoms with Gasteiger partial charge in [0.15, 0.2) is 5.69 Å². The molecule has 0 unspecified atom stereocenters. The third-order valence-corrected chi connectivity index (χ3v) is 3.25. The molecule has 17 heavy (non-hydrogen) atoms. The molecule has 0 amide bonds. The third kappa shape index (κ3) is 2.75. The van der Waals surface area contributed by atoms with E-state index in [4.69, 9.17) is 10.00 Å². The van der Waals surface area contributed by atoms with Crippen molar-refractivity contribution >= 4 is 5.69 Å². The summed E-state index contributed by atoms with van der Waals surface area (Å²) in [6, 6.07) is 6.01. The second kappa shape index (κ2) is 5.65. The lowest BCUT2D eigenvalue weighted by molar-refractivity contribution is 0.139. The quantitative estimate of drug-likeness (QED) is 0.796. The van der Waals surface area contributed by atoms with Crippen molar-refractivity contribution in [1.29, 1.82) is 5.26 Å². The molecule has 4 heteroatoms. The van der Waals surface area contributed by atoms with Gasteiger partial charge in [0.25, 0.3) is 0 Å². The molecule has 1 aromatic heterocycles. The minimum absolute atomic E-state index is 0.526. The third-order valence-electron chi connectivity index (χ3n) is 3.25. The summed E-state index contributed by atoms with van der Waals surface area (Å²) in [5.74, 6) is 0.651. The fourth-order valence-electron chi connectivity index (χ4n) is 2.31. The van der Waals surface area contributed by atoms with Crippen molar-refractivity contribution in [3.05, 3.63) is 24.0 Å². The first-order chi connectivity index (χ1) is 8.35. The largest absolute Gasteiger partial charge is 0.384 e. The maximum absolute atomic E-state index is 9.03. The number of hydrogen-bond donors (Lipinski definition) is 0. The van der Waals surface area contributed by atoms with Gasteiger partial charge >= 0.3 is 0 Å². The molecule has 0 saturated carbocycles. The van der Waals surface area contributed by atoms with Crippen LogP contribution in [-0.2, 0) is 4.74 Å². The Bertz CT molecular complexity index is 405. The first-order valence-electron chi connectivity index (χ1n) is 5.94. The molecule has 90 valence electrons. The molecule has 1 aliphatic rings. The van der Waals surface area contributed by atoms with Gasteiger partial charge in [-0.3, -0.25) is 0 Å². The van der Waals surface area contributed by atoms with Crippen LogP contribution in [0.2, 0.25) is 0 Å². The predicted octanol–water partition coefficient (Wildman–Crippen LogP) is 1.82. The van der Waals surface area contributed by atoms with Gasteiger partial charge in [-0.25, -0.2) is 4.98 Å². The van der Waals surface area contributed by atoms with Gasteiger partial charge in [-0.1, -0.05) is 0 Å². The van der Waals surface area contributed by atoms with Gasteiger partial charge in [0, 0.05) is 33.0 Å². The lowest BCUT2D eigenvalue weighted by Gasteiger charge is -2.33. The van der Waals surface area contributed by atoms with E-state index in [1.807, 2.05) is 12.1 Å². The van der Waals surface area contributed by atoms with Crippen LogP contribution < -0.4 is 4.90 Å². The van der Waals surface area contributed by atoms with E-state index in [9.17, 15) is 0 Å². The van der Waals surface area contributed by atoms with Crippen molar-refractivity contribution in [2.75, 3.05) is 31.7 Å². The molecule has 0 aliphatic carbocycles. The van der Waals surface area contributed by atoms with Crippen LogP contribution in [-0.4, -0.2) is 31.8 Å². The number of methoxy groups -OCH3 is 1. The predicted molar refractivity (Wildman–Crippen MR) is 65.8 cm³/mol. The van der Waals surface area contributed by atoms with Crippen LogP contribution in [0, 0.1) is 17.2 Å². The highest BCUT2D eigenvalue weighted by atomic mass is 16.5. The zero-order valence-corrected chi connectivity index (χ0v) is 10.1. The normalized spacial score (nSPS) is 16.8. The Hall–Kier alpha value is -1.60. The van der Waals surface area contributed by atoms with Crippen molar-refractivity contribution in [1.82, 2.24) is 4.98 Å². The Morgan fingerprint density at radius 1 is 1.53 bits per heavy atom. The van der Waals surface area contributed by atoms with Gasteiger partial charge in [-0.2, -0.15) is 5.26 Å². The van der Waals surface area contributed by atoms with E-state index in [1.165, 1.54) is 0 Å². The zero-order valence-electron chi connectivity index (χ0n) is 10.1. The summed E-state index contributed by atoms with van der Waals surface area (Å²) in [6.07, 6.45) is 3.90. The van der Waals surface area contributed by atoms with E-state index in [1.54, 1.807) is 13.3 Å². The van der Waals surface area contributed by atoms with Crippen LogP contribution in [0.5, 0.6) is 0 Å². The smallest absolute Gasteiger partial charge is 0.163 e. The highest BCUT2D eigenvalue weighted by molar-refractivity contribution is 5.55. The monoisotopic (exact) mass is 231 g/mol. The number of pyridine rings is 1. The molecule has 0 aromatic carbocycles. The van der Waals surface area contributed by atoms with Gasteiger partial charge in [-0.15, -0.1) is 0 Å². The molecule has 2 heterocycles.